The molecular weight excluding hydrogens is 160 g/mol. The summed E-state index contributed by atoms with van der Waals surface area (Å²) in [6.45, 7) is 0. The van der Waals surface area contributed by atoms with E-state index in [9.17, 15) is 0 Å². The van der Waals surface area contributed by atoms with Crippen LogP contribution in [-0.2, 0) is 0 Å². The fourth-order valence-corrected chi connectivity index (χ4v) is 1.87. The zero-order valence-electron chi connectivity index (χ0n) is 7.01. The average molecular weight is 168 g/mol. The van der Waals surface area contributed by atoms with Crippen molar-refractivity contribution in [2.45, 2.75) is 5.54 Å². The van der Waals surface area contributed by atoms with Crippen LogP contribution in [0.1, 0.15) is 0 Å². The Morgan fingerprint density at radius 1 is 1.15 bits per heavy atom. The maximum Gasteiger partial charge on any atom is 0.147 e. The van der Waals surface area contributed by atoms with Crippen molar-refractivity contribution in [3.05, 3.63) is 48.2 Å². The third-order valence-electron chi connectivity index (χ3n) is 2.53. The number of hydrogen-bond donors (Lipinski definition) is 0. The fraction of sp³-hybridized carbons (Fsp3) is 0.0909. The first-order valence-electron chi connectivity index (χ1n) is 4.28. The Hall–Kier alpha value is -1.70. The summed E-state index contributed by atoms with van der Waals surface area (Å²) in [5, 5.41) is 0. The molecule has 2 nitrogen and oxygen atoms in total. The molecule has 0 amide bonds. The van der Waals surface area contributed by atoms with E-state index in [-0.39, 0.29) is 5.54 Å². The van der Waals surface area contributed by atoms with Gasteiger partial charge in [0.2, 0.25) is 0 Å². The molecule has 0 saturated heterocycles. The second kappa shape index (κ2) is 2.16. The highest BCUT2D eigenvalue weighted by Crippen LogP contribution is 2.34. The fourth-order valence-electron chi connectivity index (χ4n) is 1.87. The summed E-state index contributed by atoms with van der Waals surface area (Å²) in [4.78, 5) is 8.79. The molecule has 1 unspecified atom stereocenters. The van der Waals surface area contributed by atoms with Gasteiger partial charge in [0.1, 0.15) is 5.54 Å². The molecule has 13 heavy (non-hydrogen) atoms. The highest BCUT2D eigenvalue weighted by atomic mass is 14.9. The number of hydrogen-bond acceptors (Lipinski definition) is 2. The van der Waals surface area contributed by atoms with Crippen molar-refractivity contribution in [2.24, 2.45) is 9.98 Å². The normalized spacial score (nSPS) is 32.6. The van der Waals surface area contributed by atoms with E-state index in [1.54, 1.807) is 0 Å². The van der Waals surface area contributed by atoms with Gasteiger partial charge in [0.05, 0.1) is 5.71 Å². The van der Waals surface area contributed by atoms with Crippen LogP contribution in [0.4, 0.5) is 0 Å². The van der Waals surface area contributed by atoms with Crippen LogP contribution < -0.4 is 0 Å². The molecule has 0 aromatic rings. The minimum Gasteiger partial charge on any atom is -0.271 e. The molecule has 0 radical (unpaired) electrons. The predicted octanol–water partition coefficient (Wildman–Crippen LogP) is 1.83. The lowest BCUT2D eigenvalue weighted by molar-refractivity contribution is 0.850. The van der Waals surface area contributed by atoms with E-state index in [0.29, 0.717) is 0 Å². The van der Waals surface area contributed by atoms with Crippen LogP contribution >= 0.6 is 0 Å². The highest BCUT2D eigenvalue weighted by molar-refractivity contribution is 6.12. The Kier molecular flexibility index (Phi) is 1.13. The molecule has 0 bridgehead atoms. The maximum absolute atomic E-state index is 4.50. The molecule has 0 N–H and O–H groups in total. The van der Waals surface area contributed by atoms with Gasteiger partial charge in [-0.1, -0.05) is 18.2 Å². The van der Waals surface area contributed by atoms with Gasteiger partial charge in [-0.2, -0.15) is 0 Å². The second-order valence-electron chi connectivity index (χ2n) is 3.21. The Balaban J connectivity index is 2.28. The van der Waals surface area contributed by atoms with Gasteiger partial charge in [0.25, 0.3) is 0 Å². The summed E-state index contributed by atoms with van der Waals surface area (Å²) in [6.07, 6.45) is 15.9. The number of allylic oxidation sites excluding steroid dienone is 3. The Labute approximate surface area is 76.4 Å². The van der Waals surface area contributed by atoms with E-state index in [2.05, 4.69) is 22.1 Å². The first-order valence-corrected chi connectivity index (χ1v) is 4.28. The van der Waals surface area contributed by atoms with E-state index < -0.39 is 0 Å². The molecule has 62 valence electrons. The number of aliphatic imine (C=N–C) groups is 2. The van der Waals surface area contributed by atoms with Crippen LogP contribution in [0.2, 0.25) is 0 Å². The van der Waals surface area contributed by atoms with E-state index in [0.717, 1.165) is 5.71 Å². The largest absolute Gasteiger partial charge is 0.271 e. The van der Waals surface area contributed by atoms with Gasteiger partial charge in [0, 0.05) is 12.4 Å². The SMILES string of the molecule is C1=CC2=CC=CC3=NC=CC23N=C1. The van der Waals surface area contributed by atoms with E-state index in [4.69, 9.17) is 0 Å². The molecule has 1 atom stereocenters. The Bertz CT molecular complexity index is 433. The third-order valence-corrected chi connectivity index (χ3v) is 2.53. The molecule has 3 rings (SSSR count). The summed E-state index contributed by atoms with van der Waals surface area (Å²) in [5.74, 6) is 0. The Morgan fingerprint density at radius 3 is 3.15 bits per heavy atom. The molecular formula is C11H8N2. The van der Waals surface area contributed by atoms with Crippen molar-refractivity contribution in [1.29, 1.82) is 0 Å². The van der Waals surface area contributed by atoms with E-state index >= 15 is 0 Å². The van der Waals surface area contributed by atoms with Crippen molar-refractivity contribution < 1.29 is 0 Å². The second-order valence-corrected chi connectivity index (χ2v) is 3.21. The van der Waals surface area contributed by atoms with Gasteiger partial charge in [-0.15, -0.1) is 0 Å². The molecule has 2 heteroatoms. The summed E-state index contributed by atoms with van der Waals surface area (Å²) >= 11 is 0. The zero-order valence-corrected chi connectivity index (χ0v) is 7.01. The molecule has 2 heterocycles. The lowest BCUT2D eigenvalue weighted by Crippen LogP contribution is -2.35. The average Bonchev–Trinajstić information content (AvgIpc) is 2.58. The Morgan fingerprint density at radius 2 is 2.15 bits per heavy atom. The lowest BCUT2D eigenvalue weighted by atomic mass is 9.81. The summed E-state index contributed by atoms with van der Waals surface area (Å²) in [7, 11) is 0. The molecule has 1 spiro atoms. The number of nitrogens with zero attached hydrogens (tertiary/aromatic N) is 2. The molecule has 1 aliphatic carbocycles. The minimum absolute atomic E-state index is 0.288. The standard InChI is InChI=1S/C11H8N2/c1-3-9-4-2-7-13-11(9)6-8-12-10(11)5-1/h1-8H. The van der Waals surface area contributed by atoms with Crippen LogP contribution in [0.15, 0.2) is 58.2 Å². The molecule has 3 aliphatic rings. The summed E-state index contributed by atoms with van der Waals surface area (Å²) in [5.41, 5.74) is 1.93. The van der Waals surface area contributed by atoms with Gasteiger partial charge in [0.15, 0.2) is 0 Å². The van der Waals surface area contributed by atoms with Gasteiger partial charge >= 0.3 is 0 Å². The molecule has 0 saturated carbocycles. The number of dihydropyridines is 1. The quantitative estimate of drug-likeness (QED) is 0.527. The monoisotopic (exact) mass is 168 g/mol. The van der Waals surface area contributed by atoms with E-state index in [1.807, 2.05) is 36.7 Å². The number of rotatable bonds is 0. The first-order chi connectivity index (χ1) is 6.42. The summed E-state index contributed by atoms with van der Waals surface area (Å²) < 4.78 is 0. The van der Waals surface area contributed by atoms with E-state index in [1.165, 1.54) is 5.57 Å². The van der Waals surface area contributed by atoms with Crippen molar-refractivity contribution >= 4 is 11.9 Å². The zero-order chi connectivity index (χ0) is 8.73. The molecule has 0 fully saturated rings. The van der Waals surface area contributed by atoms with Gasteiger partial charge < -0.3 is 0 Å². The van der Waals surface area contributed by atoms with Gasteiger partial charge in [-0.25, -0.2) is 0 Å². The van der Waals surface area contributed by atoms with Crippen LogP contribution in [-0.4, -0.2) is 17.5 Å². The van der Waals surface area contributed by atoms with Crippen molar-refractivity contribution in [3.63, 3.8) is 0 Å². The van der Waals surface area contributed by atoms with Crippen molar-refractivity contribution in [3.8, 4) is 0 Å². The molecule has 0 aromatic heterocycles. The van der Waals surface area contributed by atoms with Crippen LogP contribution in [0.5, 0.6) is 0 Å². The third kappa shape index (κ3) is 0.724. The first kappa shape index (κ1) is 6.78. The maximum atomic E-state index is 4.50. The van der Waals surface area contributed by atoms with Gasteiger partial charge in [-0.3, -0.25) is 9.98 Å². The lowest BCUT2D eigenvalue weighted by Gasteiger charge is -2.28. The molecule has 2 aliphatic heterocycles. The van der Waals surface area contributed by atoms with Crippen molar-refractivity contribution in [1.82, 2.24) is 0 Å². The smallest absolute Gasteiger partial charge is 0.147 e. The topological polar surface area (TPSA) is 24.7 Å². The predicted molar refractivity (Wildman–Crippen MR) is 54.2 cm³/mol. The minimum atomic E-state index is -0.288. The molecule has 0 aromatic carbocycles. The van der Waals surface area contributed by atoms with Crippen LogP contribution in [0.3, 0.4) is 0 Å². The highest BCUT2D eigenvalue weighted by Gasteiger charge is 2.38. The summed E-state index contributed by atoms with van der Waals surface area (Å²) in [6, 6.07) is 0. The van der Waals surface area contributed by atoms with Gasteiger partial charge in [-0.05, 0) is 23.8 Å². The van der Waals surface area contributed by atoms with Crippen molar-refractivity contribution in [2.75, 3.05) is 0 Å². The van der Waals surface area contributed by atoms with Crippen LogP contribution in [0, 0.1) is 0 Å². The van der Waals surface area contributed by atoms with Crippen LogP contribution in [0.25, 0.3) is 0 Å².